The standard InChI is InChI=1S/C16H18N2O3/c1-20-10-11-4-3-5-13(8-11)18-16(19)14-7-6-12(17)9-15(14)21-2/h3-9H,10,17H2,1-2H3,(H,18,19). The molecule has 0 aromatic heterocycles. The molecule has 1 amide bonds. The van der Waals surface area contributed by atoms with Crippen LogP contribution in [0.25, 0.3) is 0 Å². The van der Waals surface area contributed by atoms with E-state index in [1.54, 1.807) is 25.3 Å². The molecule has 0 heterocycles. The molecule has 0 atom stereocenters. The lowest BCUT2D eigenvalue weighted by Gasteiger charge is -2.11. The summed E-state index contributed by atoms with van der Waals surface area (Å²) in [7, 11) is 3.13. The average Bonchev–Trinajstić information content (AvgIpc) is 2.47. The predicted octanol–water partition coefficient (Wildman–Crippen LogP) is 2.68. The molecule has 0 aliphatic heterocycles. The lowest BCUT2D eigenvalue weighted by molar-refractivity contribution is 0.102. The van der Waals surface area contributed by atoms with Gasteiger partial charge in [-0.3, -0.25) is 4.79 Å². The number of ether oxygens (including phenoxy) is 2. The topological polar surface area (TPSA) is 73.6 Å². The minimum atomic E-state index is -0.249. The normalized spacial score (nSPS) is 10.2. The Bertz CT molecular complexity index is 641. The van der Waals surface area contributed by atoms with Crippen LogP contribution in [0, 0.1) is 0 Å². The van der Waals surface area contributed by atoms with Crippen LogP contribution in [-0.4, -0.2) is 20.1 Å². The molecule has 21 heavy (non-hydrogen) atoms. The van der Waals surface area contributed by atoms with E-state index in [4.69, 9.17) is 15.2 Å². The third kappa shape index (κ3) is 3.73. The van der Waals surface area contributed by atoms with Gasteiger partial charge >= 0.3 is 0 Å². The molecular weight excluding hydrogens is 268 g/mol. The first kappa shape index (κ1) is 14.9. The molecule has 0 fully saturated rings. The van der Waals surface area contributed by atoms with E-state index < -0.39 is 0 Å². The molecule has 0 radical (unpaired) electrons. The molecule has 5 heteroatoms. The van der Waals surface area contributed by atoms with E-state index >= 15 is 0 Å². The van der Waals surface area contributed by atoms with Gasteiger partial charge in [-0.15, -0.1) is 0 Å². The van der Waals surface area contributed by atoms with E-state index in [2.05, 4.69) is 5.32 Å². The number of amides is 1. The second-order valence-corrected chi connectivity index (χ2v) is 4.55. The van der Waals surface area contributed by atoms with Gasteiger partial charge in [0.25, 0.3) is 5.91 Å². The third-order valence-electron chi connectivity index (χ3n) is 2.97. The van der Waals surface area contributed by atoms with Gasteiger partial charge in [0.2, 0.25) is 0 Å². The van der Waals surface area contributed by atoms with Crippen LogP contribution in [0.5, 0.6) is 5.75 Å². The van der Waals surface area contributed by atoms with Gasteiger partial charge < -0.3 is 20.5 Å². The summed E-state index contributed by atoms with van der Waals surface area (Å²) >= 11 is 0. The Morgan fingerprint density at radius 3 is 2.71 bits per heavy atom. The minimum absolute atomic E-state index is 0.249. The highest BCUT2D eigenvalue weighted by atomic mass is 16.5. The number of carbonyl (C=O) groups is 1. The van der Waals surface area contributed by atoms with Crippen molar-refractivity contribution in [2.24, 2.45) is 0 Å². The Morgan fingerprint density at radius 2 is 2.00 bits per heavy atom. The van der Waals surface area contributed by atoms with Crippen molar-refractivity contribution in [2.75, 3.05) is 25.3 Å². The van der Waals surface area contributed by atoms with Gasteiger partial charge in [0.05, 0.1) is 19.3 Å². The number of carbonyl (C=O) groups excluding carboxylic acids is 1. The maximum atomic E-state index is 12.3. The Morgan fingerprint density at radius 1 is 1.19 bits per heavy atom. The summed E-state index contributed by atoms with van der Waals surface area (Å²) in [6.45, 7) is 0.495. The summed E-state index contributed by atoms with van der Waals surface area (Å²) in [6, 6.07) is 12.4. The highest BCUT2D eigenvalue weighted by Crippen LogP contribution is 2.23. The van der Waals surface area contributed by atoms with Crippen molar-refractivity contribution in [3.63, 3.8) is 0 Å². The average molecular weight is 286 g/mol. The Balaban J connectivity index is 2.20. The highest BCUT2D eigenvalue weighted by Gasteiger charge is 2.12. The molecule has 5 nitrogen and oxygen atoms in total. The second kappa shape index (κ2) is 6.76. The van der Waals surface area contributed by atoms with Crippen LogP contribution >= 0.6 is 0 Å². The molecule has 110 valence electrons. The molecule has 3 N–H and O–H groups in total. The van der Waals surface area contributed by atoms with Crippen molar-refractivity contribution < 1.29 is 14.3 Å². The summed E-state index contributed by atoms with van der Waals surface area (Å²) in [4.78, 5) is 12.3. The SMILES string of the molecule is COCc1cccc(NC(=O)c2ccc(N)cc2OC)c1. The molecule has 2 aromatic carbocycles. The number of hydrogen-bond acceptors (Lipinski definition) is 4. The smallest absolute Gasteiger partial charge is 0.259 e. The van der Waals surface area contributed by atoms with E-state index in [0.29, 0.717) is 29.3 Å². The van der Waals surface area contributed by atoms with Crippen LogP contribution in [0.2, 0.25) is 0 Å². The molecular formula is C16H18N2O3. The second-order valence-electron chi connectivity index (χ2n) is 4.55. The third-order valence-corrected chi connectivity index (χ3v) is 2.97. The first-order valence-electron chi connectivity index (χ1n) is 6.47. The van der Waals surface area contributed by atoms with Gasteiger partial charge in [0, 0.05) is 24.6 Å². The number of nitrogens with two attached hydrogens (primary N) is 1. The van der Waals surface area contributed by atoms with E-state index in [9.17, 15) is 4.79 Å². The van der Waals surface area contributed by atoms with Crippen molar-refractivity contribution in [3.8, 4) is 5.75 Å². The fourth-order valence-corrected chi connectivity index (χ4v) is 2.00. The first-order valence-corrected chi connectivity index (χ1v) is 6.47. The summed E-state index contributed by atoms with van der Waals surface area (Å²) < 4.78 is 10.3. The zero-order chi connectivity index (χ0) is 15.2. The predicted molar refractivity (Wildman–Crippen MR) is 82.5 cm³/mol. The number of benzene rings is 2. The summed E-state index contributed by atoms with van der Waals surface area (Å²) in [5.41, 5.74) is 8.35. The van der Waals surface area contributed by atoms with E-state index in [-0.39, 0.29) is 5.91 Å². The van der Waals surface area contributed by atoms with E-state index in [0.717, 1.165) is 5.56 Å². The monoisotopic (exact) mass is 286 g/mol. The van der Waals surface area contributed by atoms with Crippen molar-refractivity contribution >= 4 is 17.3 Å². The molecule has 2 aromatic rings. The molecule has 0 unspecified atom stereocenters. The summed E-state index contributed by atoms with van der Waals surface area (Å²) in [5.74, 6) is 0.196. The van der Waals surface area contributed by atoms with Crippen LogP contribution in [-0.2, 0) is 11.3 Å². The largest absolute Gasteiger partial charge is 0.496 e. The van der Waals surface area contributed by atoms with Gasteiger partial charge in [0.15, 0.2) is 0 Å². The van der Waals surface area contributed by atoms with Gasteiger partial charge in [-0.25, -0.2) is 0 Å². The summed E-state index contributed by atoms with van der Waals surface area (Å²) in [5, 5.41) is 2.84. The lowest BCUT2D eigenvalue weighted by Crippen LogP contribution is -2.13. The summed E-state index contributed by atoms with van der Waals surface area (Å²) in [6.07, 6.45) is 0. The maximum Gasteiger partial charge on any atom is 0.259 e. The molecule has 0 saturated heterocycles. The number of hydrogen-bond donors (Lipinski definition) is 2. The first-order chi connectivity index (χ1) is 10.1. The lowest BCUT2D eigenvalue weighted by atomic mass is 10.1. The Labute approximate surface area is 123 Å². The van der Waals surface area contributed by atoms with Crippen molar-refractivity contribution in [3.05, 3.63) is 53.6 Å². The van der Waals surface area contributed by atoms with Gasteiger partial charge in [-0.2, -0.15) is 0 Å². The number of nitrogen functional groups attached to an aromatic ring is 1. The van der Waals surface area contributed by atoms with Gasteiger partial charge in [0.1, 0.15) is 5.75 Å². The Hall–Kier alpha value is -2.53. The zero-order valence-corrected chi connectivity index (χ0v) is 12.1. The van der Waals surface area contributed by atoms with Crippen molar-refractivity contribution in [1.82, 2.24) is 0 Å². The molecule has 0 aliphatic carbocycles. The fourth-order valence-electron chi connectivity index (χ4n) is 2.00. The fraction of sp³-hybridized carbons (Fsp3) is 0.188. The quantitative estimate of drug-likeness (QED) is 0.829. The minimum Gasteiger partial charge on any atom is -0.496 e. The van der Waals surface area contributed by atoms with Gasteiger partial charge in [-0.05, 0) is 29.8 Å². The number of nitrogens with one attached hydrogen (secondary N) is 1. The van der Waals surface area contributed by atoms with Gasteiger partial charge in [-0.1, -0.05) is 12.1 Å². The number of anilines is 2. The van der Waals surface area contributed by atoms with Crippen molar-refractivity contribution in [2.45, 2.75) is 6.61 Å². The molecule has 0 bridgehead atoms. The van der Waals surface area contributed by atoms with Crippen molar-refractivity contribution in [1.29, 1.82) is 0 Å². The molecule has 0 saturated carbocycles. The highest BCUT2D eigenvalue weighted by molar-refractivity contribution is 6.06. The maximum absolute atomic E-state index is 12.3. The van der Waals surface area contributed by atoms with Crippen LogP contribution in [0.1, 0.15) is 15.9 Å². The number of rotatable bonds is 5. The molecule has 0 spiro atoms. The molecule has 2 rings (SSSR count). The zero-order valence-electron chi connectivity index (χ0n) is 12.1. The molecule has 0 aliphatic rings. The van der Waals surface area contributed by atoms with Crippen LogP contribution < -0.4 is 15.8 Å². The van der Waals surface area contributed by atoms with Crippen LogP contribution in [0.3, 0.4) is 0 Å². The van der Waals surface area contributed by atoms with Crippen LogP contribution in [0.15, 0.2) is 42.5 Å². The van der Waals surface area contributed by atoms with E-state index in [1.807, 2.05) is 24.3 Å². The van der Waals surface area contributed by atoms with E-state index in [1.165, 1.54) is 7.11 Å². The van der Waals surface area contributed by atoms with Crippen LogP contribution in [0.4, 0.5) is 11.4 Å². The Kier molecular flexibility index (Phi) is 4.79. The number of methoxy groups -OCH3 is 2.